The number of Topliss-reactive ketones (excluding diaryl/α,β-unsaturated/α-hetero) is 1. The molecule has 0 amide bonds. The standard InChI is InChI=1S/C16H20N4O3/c1-9(2)19-15-16(23)20(8-10(3)21)14(7-18-15)11-4-12(17)6-13(22)5-11/h4-7,9,22H,8,17H2,1-3H3,(H,18,19). The number of rotatable bonds is 5. The molecule has 0 radical (unpaired) electrons. The van der Waals surface area contributed by atoms with Gasteiger partial charge in [-0.3, -0.25) is 14.2 Å². The minimum atomic E-state index is -0.395. The van der Waals surface area contributed by atoms with Crippen LogP contribution in [0.3, 0.4) is 0 Å². The van der Waals surface area contributed by atoms with E-state index in [-0.39, 0.29) is 29.9 Å². The van der Waals surface area contributed by atoms with Crippen LogP contribution in [0.2, 0.25) is 0 Å². The van der Waals surface area contributed by atoms with Gasteiger partial charge in [0.25, 0.3) is 5.56 Å². The minimum absolute atomic E-state index is 0.0220. The molecule has 2 rings (SSSR count). The third-order valence-corrected chi connectivity index (χ3v) is 3.10. The number of ketones is 1. The predicted molar refractivity (Wildman–Crippen MR) is 89.4 cm³/mol. The third kappa shape index (κ3) is 3.88. The molecular weight excluding hydrogens is 296 g/mol. The molecule has 0 saturated heterocycles. The molecular formula is C16H20N4O3. The molecule has 4 N–H and O–H groups in total. The zero-order valence-electron chi connectivity index (χ0n) is 13.3. The van der Waals surface area contributed by atoms with Crippen LogP contribution >= 0.6 is 0 Å². The lowest BCUT2D eigenvalue weighted by atomic mass is 10.1. The summed E-state index contributed by atoms with van der Waals surface area (Å²) in [5.41, 5.74) is 6.63. The number of aromatic nitrogens is 2. The molecule has 122 valence electrons. The van der Waals surface area contributed by atoms with E-state index in [0.29, 0.717) is 16.9 Å². The summed E-state index contributed by atoms with van der Waals surface area (Å²) in [6.07, 6.45) is 1.49. The summed E-state index contributed by atoms with van der Waals surface area (Å²) in [5, 5.41) is 12.7. The van der Waals surface area contributed by atoms with Crippen molar-refractivity contribution in [3.05, 3.63) is 34.7 Å². The van der Waals surface area contributed by atoms with E-state index >= 15 is 0 Å². The number of carbonyl (C=O) groups is 1. The van der Waals surface area contributed by atoms with Gasteiger partial charge < -0.3 is 16.2 Å². The van der Waals surface area contributed by atoms with E-state index in [1.807, 2.05) is 13.8 Å². The van der Waals surface area contributed by atoms with Crippen LogP contribution in [0, 0.1) is 0 Å². The highest BCUT2D eigenvalue weighted by Crippen LogP contribution is 2.26. The van der Waals surface area contributed by atoms with Gasteiger partial charge in [-0.05, 0) is 32.9 Å². The lowest BCUT2D eigenvalue weighted by Gasteiger charge is -2.15. The minimum Gasteiger partial charge on any atom is -0.508 e. The Bertz CT molecular complexity index is 776. The fourth-order valence-electron chi connectivity index (χ4n) is 2.25. The van der Waals surface area contributed by atoms with Crippen LogP contribution in [0.15, 0.2) is 29.2 Å². The number of phenolic OH excluding ortho intramolecular Hbond substituents is 1. The lowest BCUT2D eigenvalue weighted by molar-refractivity contribution is -0.117. The van der Waals surface area contributed by atoms with Crippen LogP contribution in [-0.2, 0) is 11.3 Å². The number of benzene rings is 1. The summed E-state index contributed by atoms with van der Waals surface area (Å²) in [6.45, 7) is 5.10. The number of aromatic hydroxyl groups is 1. The average molecular weight is 316 g/mol. The average Bonchev–Trinajstić information content (AvgIpc) is 2.41. The summed E-state index contributed by atoms with van der Waals surface area (Å²) in [7, 11) is 0. The van der Waals surface area contributed by atoms with Gasteiger partial charge in [0.1, 0.15) is 11.5 Å². The fourth-order valence-corrected chi connectivity index (χ4v) is 2.25. The maximum atomic E-state index is 12.6. The van der Waals surface area contributed by atoms with Gasteiger partial charge in [0, 0.05) is 23.4 Å². The van der Waals surface area contributed by atoms with Crippen LogP contribution in [0.5, 0.6) is 5.75 Å². The van der Waals surface area contributed by atoms with Gasteiger partial charge in [0.2, 0.25) is 0 Å². The largest absolute Gasteiger partial charge is 0.508 e. The van der Waals surface area contributed by atoms with Crippen molar-refractivity contribution in [2.24, 2.45) is 0 Å². The number of nitrogens with two attached hydrogens (primary N) is 1. The Kier molecular flexibility index (Phi) is 4.68. The van der Waals surface area contributed by atoms with E-state index < -0.39 is 5.56 Å². The number of phenols is 1. The van der Waals surface area contributed by atoms with E-state index in [2.05, 4.69) is 10.3 Å². The van der Waals surface area contributed by atoms with Gasteiger partial charge in [-0.25, -0.2) is 4.98 Å². The lowest BCUT2D eigenvalue weighted by Crippen LogP contribution is -2.30. The van der Waals surface area contributed by atoms with Crippen molar-refractivity contribution in [3.8, 4) is 17.0 Å². The smallest absolute Gasteiger partial charge is 0.294 e. The second-order valence-electron chi connectivity index (χ2n) is 5.70. The fraction of sp³-hybridized carbons (Fsp3) is 0.312. The number of hydrogen-bond acceptors (Lipinski definition) is 6. The molecule has 0 fully saturated rings. The molecule has 1 aromatic carbocycles. The topological polar surface area (TPSA) is 110 Å². The highest BCUT2D eigenvalue weighted by Gasteiger charge is 2.14. The molecule has 23 heavy (non-hydrogen) atoms. The van der Waals surface area contributed by atoms with E-state index in [4.69, 9.17) is 5.73 Å². The summed E-state index contributed by atoms with van der Waals surface area (Å²) in [6, 6.07) is 4.52. The van der Waals surface area contributed by atoms with Gasteiger partial charge in [0.15, 0.2) is 5.82 Å². The highest BCUT2D eigenvalue weighted by atomic mass is 16.3. The third-order valence-electron chi connectivity index (χ3n) is 3.10. The van der Waals surface area contributed by atoms with Crippen molar-refractivity contribution in [2.75, 3.05) is 11.1 Å². The summed E-state index contributed by atoms with van der Waals surface area (Å²) in [4.78, 5) is 28.3. The molecule has 7 heteroatoms. The Balaban J connectivity index is 2.65. The van der Waals surface area contributed by atoms with Gasteiger partial charge >= 0.3 is 0 Å². The molecule has 0 saturated carbocycles. The Morgan fingerprint density at radius 3 is 2.65 bits per heavy atom. The molecule has 0 unspecified atom stereocenters. The van der Waals surface area contributed by atoms with Crippen molar-refractivity contribution in [3.63, 3.8) is 0 Å². The first kappa shape index (κ1) is 16.5. The van der Waals surface area contributed by atoms with Crippen LogP contribution in [0.1, 0.15) is 20.8 Å². The van der Waals surface area contributed by atoms with E-state index in [1.165, 1.54) is 29.8 Å². The second-order valence-corrected chi connectivity index (χ2v) is 5.70. The van der Waals surface area contributed by atoms with Gasteiger partial charge in [-0.2, -0.15) is 0 Å². The first-order valence-electron chi connectivity index (χ1n) is 7.23. The Labute approximate surface area is 133 Å². The maximum Gasteiger partial charge on any atom is 0.294 e. The van der Waals surface area contributed by atoms with Crippen molar-refractivity contribution in [2.45, 2.75) is 33.4 Å². The number of carbonyl (C=O) groups excluding carboxylic acids is 1. The van der Waals surface area contributed by atoms with Crippen molar-refractivity contribution in [1.82, 2.24) is 9.55 Å². The van der Waals surface area contributed by atoms with Crippen LogP contribution in [0.4, 0.5) is 11.5 Å². The molecule has 1 heterocycles. The molecule has 7 nitrogen and oxygen atoms in total. The molecule has 0 aliphatic heterocycles. The molecule has 0 atom stereocenters. The zero-order valence-corrected chi connectivity index (χ0v) is 13.3. The molecule has 0 aliphatic carbocycles. The van der Waals surface area contributed by atoms with E-state index in [9.17, 15) is 14.7 Å². The van der Waals surface area contributed by atoms with Crippen LogP contribution < -0.4 is 16.6 Å². The summed E-state index contributed by atoms with van der Waals surface area (Å²) >= 11 is 0. The summed E-state index contributed by atoms with van der Waals surface area (Å²) in [5.74, 6) is -0.00694. The highest BCUT2D eigenvalue weighted by molar-refractivity contribution is 5.77. The van der Waals surface area contributed by atoms with Crippen LogP contribution in [0.25, 0.3) is 11.3 Å². The quantitative estimate of drug-likeness (QED) is 0.723. The molecule has 0 aliphatic rings. The Hall–Kier alpha value is -2.83. The number of nitrogen functional groups attached to an aromatic ring is 1. The summed E-state index contributed by atoms with van der Waals surface area (Å²) < 4.78 is 1.33. The number of nitrogens with one attached hydrogen (secondary N) is 1. The van der Waals surface area contributed by atoms with Crippen molar-refractivity contribution < 1.29 is 9.90 Å². The molecule has 1 aromatic heterocycles. The maximum absolute atomic E-state index is 12.6. The van der Waals surface area contributed by atoms with Gasteiger partial charge in [-0.15, -0.1) is 0 Å². The Morgan fingerprint density at radius 1 is 1.39 bits per heavy atom. The molecule has 0 spiro atoms. The predicted octanol–water partition coefficient (Wildman–Crippen LogP) is 1.61. The second kappa shape index (κ2) is 6.51. The molecule has 2 aromatic rings. The zero-order chi connectivity index (χ0) is 17.1. The van der Waals surface area contributed by atoms with Crippen molar-refractivity contribution in [1.29, 1.82) is 0 Å². The first-order chi connectivity index (χ1) is 10.8. The van der Waals surface area contributed by atoms with Crippen LogP contribution in [-0.4, -0.2) is 26.5 Å². The van der Waals surface area contributed by atoms with Gasteiger partial charge in [-0.1, -0.05) is 0 Å². The number of hydrogen-bond donors (Lipinski definition) is 3. The van der Waals surface area contributed by atoms with E-state index in [1.54, 1.807) is 6.07 Å². The Morgan fingerprint density at radius 2 is 2.09 bits per heavy atom. The monoisotopic (exact) mass is 316 g/mol. The SMILES string of the molecule is CC(=O)Cn1c(-c2cc(N)cc(O)c2)cnc(NC(C)C)c1=O. The van der Waals surface area contributed by atoms with Gasteiger partial charge in [0.05, 0.1) is 18.4 Å². The number of nitrogens with zero attached hydrogens (tertiary/aromatic N) is 2. The molecule has 0 bridgehead atoms. The normalized spacial score (nSPS) is 10.8. The van der Waals surface area contributed by atoms with E-state index in [0.717, 1.165) is 0 Å². The number of anilines is 2. The van der Waals surface area contributed by atoms with Crippen molar-refractivity contribution >= 4 is 17.3 Å². The first-order valence-corrected chi connectivity index (χ1v) is 7.23.